The number of rotatable bonds is 5. The van der Waals surface area contributed by atoms with Gasteiger partial charge in [-0.05, 0) is 52.2 Å². The lowest BCUT2D eigenvalue weighted by Crippen LogP contribution is -3.15. The van der Waals surface area contributed by atoms with Crippen LogP contribution in [0.5, 0.6) is 0 Å². The molecule has 0 radical (unpaired) electrons. The number of piperidine rings is 1. The number of likely N-dealkylation sites (tertiary alicyclic amines) is 1. The van der Waals surface area contributed by atoms with E-state index in [9.17, 15) is 9.59 Å². The number of amides is 2. The fraction of sp³-hybridized carbons (Fsp3) is 0.579. The minimum absolute atomic E-state index is 0.128. The zero-order valence-corrected chi connectivity index (χ0v) is 16.3. The molecule has 0 aliphatic carbocycles. The number of halogens is 1. The van der Waals surface area contributed by atoms with Gasteiger partial charge in [0, 0.05) is 12.1 Å². The van der Waals surface area contributed by atoms with Gasteiger partial charge in [0.1, 0.15) is 0 Å². The van der Waals surface area contributed by atoms with Gasteiger partial charge in [-0.3, -0.25) is 9.59 Å². The van der Waals surface area contributed by atoms with Crippen LogP contribution in [0.1, 0.15) is 40.0 Å². The van der Waals surface area contributed by atoms with Crippen molar-refractivity contribution in [2.45, 2.75) is 58.2 Å². The second-order valence-corrected chi connectivity index (χ2v) is 7.55. The summed E-state index contributed by atoms with van der Waals surface area (Å²) < 4.78 is 0. The summed E-state index contributed by atoms with van der Waals surface area (Å²) in [6, 6.07) is 7.41. The molecule has 0 bridgehead atoms. The largest absolute Gasteiger partial charge is 0.332 e. The summed E-state index contributed by atoms with van der Waals surface area (Å²) >= 11 is 6.07. The van der Waals surface area contributed by atoms with E-state index in [-0.39, 0.29) is 36.5 Å². The summed E-state index contributed by atoms with van der Waals surface area (Å²) in [6.45, 7) is 6.34. The molecule has 138 valence electrons. The quantitative estimate of drug-likeness (QED) is 0.837. The maximum absolute atomic E-state index is 12.9. The number of quaternary nitrogens is 1. The van der Waals surface area contributed by atoms with E-state index < -0.39 is 0 Å². The molecule has 0 aromatic heterocycles. The van der Waals surface area contributed by atoms with Crippen LogP contribution in [0.25, 0.3) is 0 Å². The maximum Gasteiger partial charge on any atom is 0.281 e. The van der Waals surface area contributed by atoms with Crippen LogP contribution in [0.2, 0.25) is 5.02 Å². The van der Waals surface area contributed by atoms with Crippen LogP contribution >= 0.6 is 11.6 Å². The molecule has 1 unspecified atom stereocenters. The van der Waals surface area contributed by atoms with Crippen molar-refractivity contribution in [3.8, 4) is 0 Å². The van der Waals surface area contributed by atoms with E-state index in [0.29, 0.717) is 10.7 Å². The lowest BCUT2D eigenvalue weighted by molar-refractivity contribution is -0.886. The average Bonchev–Trinajstić information content (AvgIpc) is 2.55. The Morgan fingerprint density at radius 1 is 1.28 bits per heavy atom. The predicted octanol–water partition coefficient (Wildman–Crippen LogP) is 1.97. The van der Waals surface area contributed by atoms with Gasteiger partial charge < -0.3 is 15.1 Å². The second kappa shape index (κ2) is 8.68. The number of para-hydroxylation sites is 1. The fourth-order valence-electron chi connectivity index (χ4n) is 3.45. The average molecular weight is 367 g/mol. The smallest absolute Gasteiger partial charge is 0.281 e. The zero-order valence-electron chi connectivity index (χ0n) is 15.5. The first-order valence-corrected chi connectivity index (χ1v) is 9.38. The van der Waals surface area contributed by atoms with Gasteiger partial charge in [0.2, 0.25) is 0 Å². The number of nitrogens with zero attached hydrogens (tertiary/aromatic N) is 1. The number of carbonyl (C=O) groups is 2. The van der Waals surface area contributed by atoms with Crippen molar-refractivity contribution in [2.75, 3.05) is 18.9 Å². The van der Waals surface area contributed by atoms with Crippen LogP contribution in [0.4, 0.5) is 5.69 Å². The molecule has 1 saturated heterocycles. The molecule has 1 fully saturated rings. The van der Waals surface area contributed by atoms with E-state index in [0.717, 1.165) is 17.7 Å². The van der Waals surface area contributed by atoms with E-state index in [4.69, 9.17) is 11.6 Å². The molecular weight excluding hydrogens is 338 g/mol. The summed E-state index contributed by atoms with van der Waals surface area (Å²) in [5.74, 6) is -0.0206. The van der Waals surface area contributed by atoms with Gasteiger partial charge in [0.15, 0.2) is 12.6 Å². The first-order chi connectivity index (χ1) is 11.8. The Balaban J connectivity index is 1.95. The predicted molar refractivity (Wildman–Crippen MR) is 101 cm³/mol. The van der Waals surface area contributed by atoms with Crippen molar-refractivity contribution in [1.82, 2.24) is 4.90 Å². The first-order valence-electron chi connectivity index (χ1n) is 9.00. The van der Waals surface area contributed by atoms with E-state index in [1.165, 1.54) is 6.42 Å². The molecular formula is C19H29ClN3O2+. The normalized spacial score (nSPS) is 23.0. The Labute approximate surface area is 155 Å². The fourth-order valence-corrected chi connectivity index (χ4v) is 3.64. The molecule has 0 spiro atoms. The Kier molecular flexibility index (Phi) is 6.85. The van der Waals surface area contributed by atoms with Gasteiger partial charge in [0.05, 0.1) is 17.8 Å². The van der Waals surface area contributed by atoms with Crippen LogP contribution in [0, 0.1) is 0 Å². The number of hydrogen-bond acceptors (Lipinski definition) is 2. The summed E-state index contributed by atoms with van der Waals surface area (Å²) in [6.07, 6.45) is 3.27. The van der Waals surface area contributed by atoms with Gasteiger partial charge in [-0.25, -0.2) is 0 Å². The van der Waals surface area contributed by atoms with Gasteiger partial charge in [-0.1, -0.05) is 23.7 Å². The lowest BCUT2D eigenvalue weighted by Gasteiger charge is -2.40. The summed E-state index contributed by atoms with van der Waals surface area (Å²) in [5.41, 5.74) is 0.597. The molecule has 1 heterocycles. The Hall–Kier alpha value is -1.59. The standard InChI is InChI=1S/C19H28ClN3O2/c1-13-8-7-9-14(2)23(13)19(25)15(3)22(4)12-18(24)21-17-11-6-5-10-16(17)20/h5-6,10-11,13-15H,7-9,12H2,1-4H3,(H,21,24)/p+1/t13-,14+,15-/m1/s1. The van der Waals surface area contributed by atoms with E-state index in [1.54, 1.807) is 12.1 Å². The third kappa shape index (κ3) is 4.95. The molecule has 6 heteroatoms. The third-order valence-corrected chi connectivity index (χ3v) is 5.47. The zero-order chi connectivity index (χ0) is 18.6. The molecule has 25 heavy (non-hydrogen) atoms. The number of likely N-dealkylation sites (N-methyl/N-ethyl adjacent to an activating group) is 1. The van der Waals surface area contributed by atoms with Crippen molar-refractivity contribution in [3.05, 3.63) is 29.3 Å². The van der Waals surface area contributed by atoms with E-state index in [2.05, 4.69) is 19.2 Å². The highest BCUT2D eigenvalue weighted by molar-refractivity contribution is 6.33. The molecule has 1 aromatic rings. The van der Waals surface area contributed by atoms with Gasteiger partial charge >= 0.3 is 0 Å². The highest BCUT2D eigenvalue weighted by atomic mass is 35.5. The van der Waals surface area contributed by atoms with Crippen molar-refractivity contribution in [3.63, 3.8) is 0 Å². The van der Waals surface area contributed by atoms with Crippen LogP contribution in [0.3, 0.4) is 0 Å². The maximum atomic E-state index is 12.9. The Bertz CT molecular complexity index is 612. The molecule has 2 rings (SSSR count). The van der Waals surface area contributed by atoms with Crippen molar-refractivity contribution in [1.29, 1.82) is 0 Å². The summed E-state index contributed by atoms with van der Waals surface area (Å²) in [4.78, 5) is 28.1. The SMILES string of the molecule is C[C@@H]1CCC[C@H](C)N1C(=O)[C@@H](C)[NH+](C)CC(=O)Nc1ccccc1Cl. The molecule has 2 amide bonds. The number of benzene rings is 1. The van der Waals surface area contributed by atoms with Gasteiger partial charge in [-0.15, -0.1) is 0 Å². The highest BCUT2D eigenvalue weighted by Crippen LogP contribution is 2.23. The molecule has 0 saturated carbocycles. The van der Waals surface area contributed by atoms with Gasteiger partial charge in [0.25, 0.3) is 11.8 Å². The molecule has 2 N–H and O–H groups in total. The molecule has 1 aliphatic rings. The van der Waals surface area contributed by atoms with E-state index in [1.807, 2.05) is 31.0 Å². The van der Waals surface area contributed by atoms with Crippen molar-refractivity contribution < 1.29 is 14.5 Å². The summed E-state index contributed by atoms with van der Waals surface area (Å²) in [7, 11) is 1.88. The number of anilines is 1. The topological polar surface area (TPSA) is 53.9 Å². The van der Waals surface area contributed by atoms with Gasteiger partial charge in [-0.2, -0.15) is 0 Å². The number of hydrogen-bond donors (Lipinski definition) is 2. The first kappa shape index (κ1) is 19.7. The Morgan fingerprint density at radius 2 is 1.88 bits per heavy atom. The second-order valence-electron chi connectivity index (χ2n) is 7.15. The molecule has 1 aliphatic heterocycles. The van der Waals surface area contributed by atoms with Crippen LogP contribution in [-0.2, 0) is 9.59 Å². The van der Waals surface area contributed by atoms with Crippen LogP contribution < -0.4 is 10.2 Å². The van der Waals surface area contributed by atoms with Crippen molar-refractivity contribution >= 4 is 29.1 Å². The van der Waals surface area contributed by atoms with Crippen LogP contribution in [0.15, 0.2) is 24.3 Å². The minimum atomic E-state index is -0.264. The lowest BCUT2D eigenvalue weighted by atomic mass is 9.96. The monoisotopic (exact) mass is 366 g/mol. The molecule has 5 nitrogen and oxygen atoms in total. The van der Waals surface area contributed by atoms with Crippen LogP contribution in [-0.4, -0.2) is 48.4 Å². The summed E-state index contributed by atoms with van der Waals surface area (Å²) in [5, 5.41) is 3.32. The van der Waals surface area contributed by atoms with Crippen molar-refractivity contribution in [2.24, 2.45) is 0 Å². The Morgan fingerprint density at radius 3 is 2.48 bits per heavy atom. The number of carbonyl (C=O) groups excluding carboxylic acids is 2. The minimum Gasteiger partial charge on any atom is -0.332 e. The third-order valence-electron chi connectivity index (χ3n) is 5.14. The number of nitrogens with one attached hydrogen (secondary N) is 2. The highest BCUT2D eigenvalue weighted by Gasteiger charge is 2.35. The van der Waals surface area contributed by atoms with E-state index >= 15 is 0 Å². The molecule has 1 aromatic carbocycles. The molecule has 4 atom stereocenters.